The molecule has 3 rings (SSSR count). The van der Waals surface area contributed by atoms with Gasteiger partial charge < -0.3 is 0 Å². The quantitative estimate of drug-likeness (QED) is 0.503. The third-order valence-corrected chi connectivity index (χ3v) is 6.35. The second-order valence-electron chi connectivity index (χ2n) is 8.04. The van der Waals surface area contributed by atoms with Crippen LogP contribution in [0, 0.1) is 0 Å². The molecular formula is C22H27Br. The smallest absolute Gasteiger partial charge is 0.0367 e. The molecule has 0 saturated carbocycles. The van der Waals surface area contributed by atoms with Gasteiger partial charge in [0.15, 0.2) is 0 Å². The molecule has 0 aliphatic heterocycles. The van der Waals surface area contributed by atoms with E-state index in [9.17, 15) is 0 Å². The Hall–Kier alpha value is -1.08. The number of benzene rings is 2. The average Bonchev–Trinajstić information content (AvgIpc) is 2.75. The van der Waals surface area contributed by atoms with Crippen molar-refractivity contribution < 1.29 is 0 Å². The van der Waals surface area contributed by atoms with Gasteiger partial charge in [0.2, 0.25) is 0 Å². The Balaban J connectivity index is 2.19. The van der Waals surface area contributed by atoms with Crippen molar-refractivity contribution in [3.63, 3.8) is 0 Å². The number of halogens is 1. The van der Waals surface area contributed by atoms with Crippen molar-refractivity contribution in [3.8, 4) is 11.1 Å². The Morgan fingerprint density at radius 3 is 2.13 bits per heavy atom. The number of fused-ring (bicyclic) bond motifs is 3. The third kappa shape index (κ3) is 2.58. The van der Waals surface area contributed by atoms with Gasteiger partial charge in [-0.05, 0) is 52.1 Å². The number of hydrogen-bond donors (Lipinski definition) is 0. The van der Waals surface area contributed by atoms with Crippen LogP contribution in [0.3, 0.4) is 0 Å². The largest absolute Gasteiger partial charge is 0.0842 e. The van der Waals surface area contributed by atoms with Crippen molar-refractivity contribution in [1.29, 1.82) is 0 Å². The molecule has 2 aromatic rings. The van der Waals surface area contributed by atoms with Gasteiger partial charge in [-0.1, -0.05) is 86.9 Å². The first kappa shape index (κ1) is 16.8. The second kappa shape index (κ2) is 5.48. The van der Waals surface area contributed by atoms with Gasteiger partial charge in [0, 0.05) is 10.2 Å². The molecule has 0 amide bonds. The average molecular weight is 371 g/mol. The predicted molar refractivity (Wildman–Crippen MR) is 105 cm³/mol. The van der Waals surface area contributed by atoms with Gasteiger partial charge in [0.05, 0.1) is 0 Å². The Morgan fingerprint density at radius 2 is 1.57 bits per heavy atom. The lowest BCUT2D eigenvalue weighted by Crippen LogP contribution is -2.19. The second-order valence-corrected chi connectivity index (χ2v) is 9.42. The molecule has 0 N–H and O–H groups in total. The fourth-order valence-electron chi connectivity index (χ4n) is 3.63. The molecule has 0 spiro atoms. The van der Waals surface area contributed by atoms with Gasteiger partial charge in [-0.3, -0.25) is 0 Å². The van der Waals surface area contributed by atoms with Crippen LogP contribution in [0.2, 0.25) is 0 Å². The topological polar surface area (TPSA) is 0 Å². The molecule has 1 aliphatic carbocycles. The van der Waals surface area contributed by atoms with E-state index in [1.54, 1.807) is 0 Å². The summed E-state index contributed by atoms with van der Waals surface area (Å²) >= 11 is 3.71. The highest BCUT2D eigenvalue weighted by atomic mass is 79.9. The van der Waals surface area contributed by atoms with Crippen LogP contribution in [0.4, 0.5) is 0 Å². The minimum Gasteiger partial charge on any atom is -0.0842 e. The molecule has 1 atom stereocenters. The van der Waals surface area contributed by atoms with Gasteiger partial charge in [-0.2, -0.15) is 0 Å². The molecule has 0 radical (unpaired) electrons. The molecule has 2 aromatic carbocycles. The molecule has 0 bridgehead atoms. The number of rotatable bonds is 3. The molecule has 0 heterocycles. The van der Waals surface area contributed by atoms with E-state index in [-0.39, 0.29) is 10.8 Å². The van der Waals surface area contributed by atoms with E-state index >= 15 is 0 Å². The Morgan fingerprint density at radius 1 is 1.00 bits per heavy atom. The molecule has 0 fully saturated rings. The zero-order valence-electron chi connectivity index (χ0n) is 15.1. The minimum atomic E-state index is 0.0718. The Labute approximate surface area is 149 Å². The van der Waals surface area contributed by atoms with Gasteiger partial charge in [0.25, 0.3) is 0 Å². The van der Waals surface area contributed by atoms with Crippen LogP contribution < -0.4 is 0 Å². The Bertz CT molecular complexity index is 751. The maximum atomic E-state index is 3.71. The van der Waals surface area contributed by atoms with Crippen LogP contribution in [-0.2, 0) is 10.8 Å². The fraction of sp³-hybridized carbons (Fsp3) is 0.455. The lowest BCUT2D eigenvalue weighted by molar-refractivity contribution is 0.504. The predicted octanol–water partition coefficient (Wildman–Crippen LogP) is 7.14. The van der Waals surface area contributed by atoms with Crippen LogP contribution in [0.5, 0.6) is 0 Å². The molecule has 1 unspecified atom stereocenters. The van der Waals surface area contributed by atoms with Gasteiger partial charge in [-0.25, -0.2) is 0 Å². The highest BCUT2D eigenvalue weighted by Crippen LogP contribution is 2.50. The first-order valence-electron chi connectivity index (χ1n) is 8.62. The van der Waals surface area contributed by atoms with Crippen molar-refractivity contribution in [2.75, 3.05) is 0 Å². The number of alkyl halides is 1. The highest BCUT2D eigenvalue weighted by Gasteiger charge is 2.36. The summed E-state index contributed by atoms with van der Waals surface area (Å²) in [6, 6.07) is 14.1. The van der Waals surface area contributed by atoms with Gasteiger partial charge >= 0.3 is 0 Å². The summed E-state index contributed by atoms with van der Waals surface area (Å²) in [6.45, 7) is 13.9. The zero-order chi connectivity index (χ0) is 17.0. The van der Waals surface area contributed by atoms with Crippen molar-refractivity contribution in [3.05, 3.63) is 58.7 Å². The monoisotopic (exact) mass is 370 g/mol. The minimum absolute atomic E-state index is 0.0718. The summed E-state index contributed by atoms with van der Waals surface area (Å²) in [5, 5.41) is 0. The molecular weight excluding hydrogens is 344 g/mol. The van der Waals surface area contributed by atoms with E-state index in [0.29, 0.717) is 4.83 Å². The summed E-state index contributed by atoms with van der Waals surface area (Å²) in [5.41, 5.74) is 8.87. The van der Waals surface area contributed by atoms with E-state index in [2.05, 4.69) is 93.9 Å². The molecule has 1 heteroatoms. The summed E-state index contributed by atoms with van der Waals surface area (Å²) in [6.07, 6.45) is 1.16. The molecule has 0 aromatic heterocycles. The summed E-state index contributed by atoms with van der Waals surface area (Å²) < 4.78 is 0. The normalized spacial score (nSPS) is 16.8. The maximum absolute atomic E-state index is 3.71. The first-order chi connectivity index (χ1) is 10.7. The van der Waals surface area contributed by atoms with Crippen molar-refractivity contribution in [1.82, 2.24) is 0 Å². The van der Waals surface area contributed by atoms with E-state index in [4.69, 9.17) is 0 Å². The summed E-state index contributed by atoms with van der Waals surface area (Å²) in [7, 11) is 0. The first-order valence-corrected chi connectivity index (χ1v) is 9.54. The standard InChI is InChI=1S/C22H27Br/c1-7-21(3,4)16-9-11-18-17-10-8-15(14(2)23)12-19(17)22(5,6)20(18)13-16/h8-14H,7H2,1-6H3. The van der Waals surface area contributed by atoms with E-state index in [0.717, 1.165) is 6.42 Å². The summed E-state index contributed by atoms with van der Waals surface area (Å²) in [4.78, 5) is 0.391. The third-order valence-electron chi connectivity index (χ3n) is 5.82. The van der Waals surface area contributed by atoms with Crippen LogP contribution in [0.1, 0.15) is 75.0 Å². The van der Waals surface area contributed by atoms with E-state index in [1.807, 2.05) is 0 Å². The molecule has 23 heavy (non-hydrogen) atoms. The van der Waals surface area contributed by atoms with E-state index < -0.39 is 0 Å². The number of hydrogen-bond acceptors (Lipinski definition) is 0. The lowest BCUT2D eigenvalue weighted by atomic mass is 9.77. The maximum Gasteiger partial charge on any atom is 0.0367 e. The van der Waals surface area contributed by atoms with Crippen molar-refractivity contribution >= 4 is 15.9 Å². The van der Waals surface area contributed by atoms with Gasteiger partial charge in [-0.15, -0.1) is 0 Å². The van der Waals surface area contributed by atoms with Crippen LogP contribution in [-0.4, -0.2) is 0 Å². The van der Waals surface area contributed by atoms with Crippen LogP contribution >= 0.6 is 15.9 Å². The van der Waals surface area contributed by atoms with Gasteiger partial charge in [0.1, 0.15) is 0 Å². The lowest BCUT2D eigenvalue weighted by Gasteiger charge is -2.27. The summed E-state index contributed by atoms with van der Waals surface area (Å²) in [5.74, 6) is 0. The molecule has 122 valence electrons. The SMILES string of the molecule is CCC(C)(C)c1ccc2c(c1)C(C)(C)c1cc(C(C)Br)ccc1-2. The fourth-order valence-corrected chi connectivity index (χ4v) is 3.91. The molecule has 0 saturated heterocycles. The van der Waals surface area contributed by atoms with E-state index in [1.165, 1.54) is 33.4 Å². The molecule has 1 aliphatic rings. The van der Waals surface area contributed by atoms with Crippen molar-refractivity contribution in [2.24, 2.45) is 0 Å². The van der Waals surface area contributed by atoms with Crippen LogP contribution in [0.25, 0.3) is 11.1 Å². The zero-order valence-corrected chi connectivity index (χ0v) is 16.7. The molecule has 0 nitrogen and oxygen atoms in total. The van der Waals surface area contributed by atoms with Crippen LogP contribution in [0.15, 0.2) is 36.4 Å². The Kier molecular flexibility index (Phi) is 3.99. The van der Waals surface area contributed by atoms with Crippen molar-refractivity contribution in [2.45, 2.75) is 63.6 Å². The highest BCUT2D eigenvalue weighted by molar-refractivity contribution is 9.09.